The standard InChI is InChI=1S/C23H28N2O4/c1-16(2)24-20(15-23(26)19-8-6-5-7-9-19)14-22(17(3)25(27)28)18-10-12-21(29-4)13-11-18/h5-13,15-17,22,24H,14H2,1-4H3/b20-15-. The van der Waals surface area contributed by atoms with Crippen molar-refractivity contribution in [2.75, 3.05) is 7.11 Å². The summed E-state index contributed by atoms with van der Waals surface area (Å²) in [7, 11) is 1.58. The minimum atomic E-state index is -0.812. The SMILES string of the molecule is COc1ccc(C(C/C(=C/C(=O)c2ccccc2)NC(C)C)C(C)[N+](=O)[O-])cc1. The largest absolute Gasteiger partial charge is 0.497 e. The van der Waals surface area contributed by atoms with Crippen LogP contribution in [0.15, 0.2) is 66.4 Å². The summed E-state index contributed by atoms with van der Waals surface area (Å²) < 4.78 is 5.19. The molecule has 0 spiro atoms. The van der Waals surface area contributed by atoms with E-state index >= 15 is 0 Å². The quantitative estimate of drug-likeness (QED) is 0.275. The van der Waals surface area contributed by atoms with Gasteiger partial charge in [-0.15, -0.1) is 0 Å². The van der Waals surface area contributed by atoms with Gasteiger partial charge in [0.05, 0.1) is 13.0 Å². The number of hydrogen-bond acceptors (Lipinski definition) is 5. The van der Waals surface area contributed by atoms with Gasteiger partial charge in [0.1, 0.15) is 5.75 Å². The van der Waals surface area contributed by atoms with Crippen molar-refractivity contribution < 1.29 is 14.5 Å². The number of allylic oxidation sites excluding steroid dienone is 2. The number of rotatable bonds is 10. The second kappa shape index (κ2) is 10.4. The van der Waals surface area contributed by atoms with Gasteiger partial charge in [-0.25, -0.2) is 0 Å². The minimum Gasteiger partial charge on any atom is -0.497 e. The second-order valence-corrected chi connectivity index (χ2v) is 7.31. The lowest BCUT2D eigenvalue weighted by atomic mass is 9.87. The highest BCUT2D eigenvalue weighted by molar-refractivity contribution is 6.04. The summed E-state index contributed by atoms with van der Waals surface area (Å²) >= 11 is 0. The molecule has 0 aliphatic rings. The number of carbonyl (C=O) groups excluding carboxylic acids is 1. The van der Waals surface area contributed by atoms with Crippen LogP contribution in [0.3, 0.4) is 0 Å². The fraction of sp³-hybridized carbons (Fsp3) is 0.348. The zero-order chi connectivity index (χ0) is 21.4. The molecule has 29 heavy (non-hydrogen) atoms. The predicted molar refractivity (Wildman–Crippen MR) is 114 cm³/mol. The molecule has 2 aromatic carbocycles. The van der Waals surface area contributed by atoms with Gasteiger partial charge in [0.2, 0.25) is 6.04 Å². The highest BCUT2D eigenvalue weighted by atomic mass is 16.6. The number of ketones is 1. The maximum atomic E-state index is 12.7. The van der Waals surface area contributed by atoms with E-state index in [-0.39, 0.29) is 16.7 Å². The minimum absolute atomic E-state index is 0.0900. The molecule has 6 heteroatoms. The molecule has 0 bridgehead atoms. The Morgan fingerprint density at radius 2 is 1.72 bits per heavy atom. The maximum absolute atomic E-state index is 12.7. The Morgan fingerprint density at radius 3 is 2.24 bits per heavy atom. The predicted octanol–water partition coefficient (Wildman–Crippen LogP) is 4.60. The number of ether oxygens (including phenoxy) is 1. The number of methoxy groups -OCH3 is 1. The van der Waals surface area contributed by atoms with Gasteiger partial charge < -0.3 is 10.1 Å². The van der Waals surface area contributed by atoms with E-state index in [1.165, 1.54) is 0 Å². The van der Waals surface area contributed by atoms with E-state index in [1.54, 1.807) is 44.4 Å². The number of carbonyl (C=O) groups is 1. The fourth-order valence-corrected chi connectivity index (χ4v) is 3.18. The monoisotopic (exact) mass is 396 g/mol. The van der Waals surface area contributed by atoms with E-state index in [0.717, 1.165) is 5.56 Å². The molecule has 2 aromatic rings. The lowest BCUT2D eigenvalue weighted by molar-refractivity contribution is -0.522. The Bertz CT molecular complexity index is 845. The molecule has 0 aliphatic heterocycles. The third kappa shape index (κ3) is 6.45. The van der Waals surface area contributed by atoms with Crippen molar-refractivity contribution in [3.63, 3.8) is 0 Å². The van der Waals surface area contributed by atoms with Crippen molar-refractivity contribution in [1.82, 2.24) is 5.32 Å². The van der Waals surface area contributed by atoms with Gasteiger partial charge in [0.15, 0.2) is 5.78 Å². The molecule has 0 saturated heterocycles. The van der Waals surface area contributed by atoms with Crippen LogP contribution in [-0.4, -0.2) is 29.9 Å². The molecular formula is C23H28N2O4. The summed E-state index contributed by atoms with van der Waals surface area (Å²) in [5, 5.41) is 14.8. The smallest absolute Gasteiger partial charge is 0.217 e. The van der Waals surface area contributed by atoms with E-state index in [9.17, 15) is 14.9 Å². The Morgan fingerprint density at radius 1 is 1.10 bits per heavy atom. The van der Waals surface area contributed by atoms with Crippen LogP contribution in [0.1, 0.15) is 49.0 Å². The lowest BCUT2D eigenvalue weighted by Crippen LogP contribution is -2.29. The van der Waals surface area contributed by atoms with Gasteiger partial charge in [-0.05, 0) is 31.5 Å². The van der Waals surface area contributed by atoms with Gasteiger partial charge in [0, 0.05) is 41.6 Å². The van der Waals surface area contributed by atoms with Crippen LogP contribution in [0, 0.1) is 10.1 Å². The third-order valence-corrected chi connectivity index (χ3v) is 4.74. The first-order valence-corrected chi connectivity index (χ1v) is 9.65. The molecule has 2 unspecified atom stereocenters. The van der Waals surface area contributed by atoms with Crippen LogP contribution in [0.25, 0.3) is 0 Å². The van der Waals surface area contributed by atoms with Crippen molar-refractivity contribution in [2.45, 2.75) is 45.2 Å². The first-order valence-electron chi connectivity index (χ1n) is 9.65. The third-order valence-electron chi connectivity index (χ3n) is 4.74. The van der Waals surface area contributed by atoms with Gasteiger partial charge in [-0.3, -0.25) is 14.9 Å². The molecule has 0 heterocycles. The van der Waals surface area contributed by atoms with Crippen molar-refractivity contribution in [3.8, 4) is 5.75 Å². The van der Waals surface area contributed by atoms with Crippen LogP contribution in [0.2, 0.25) is 0 Å². The van der Waals surface area contributed by atoms with Gasteiger partial charge in [0.25, 0.3) is 0 Å². The van der Waals surface area contributed by atoms with E-state index in [4.69, 9.17) is 4.74 Å². The topological polar surface area (TPSA) is 81.5 Å². The Balaban J connectivity index is 2.37. The summed E-state index contributed by atoms with van der Waals surface area (Å²) in [5.74, 6) is 0.171. The molecule has 2 atom stereocenters. The second-order valence-electron chi connectivity index (χ2n) is 7.31. The molecule has 0 aliphatic carbocycles. The molecule has 0 aromatic heterocycles. The summed E-state index contributed by atoms with van der Waals surface area (Å²) in [4.78, 5) is 24.0. The number of hydrogen-bond donors (Lipinski definition) is 1. The first-order chi connectivity index (χ1) is 13.8. The molecule has 154 valence electrons. The normalized spacial score (nSPS) is 13.6. The lowest BCUT2D eigenvalue weighted by Gasteiger charge is -2.23. The molecule has 2 rings (SSSR count). The van der Waals surface area contributed by atoms with Crippen LogP contribution < -0.4 is 10.1 Å². The Hall–Kier alpha value is -3.15. The zero-order valence-corrected chi connectivity index (χ0v) is 17.3. The number of nitro groups is 1. The Labute approximate surface area is 171 Å². The molecule has 0 radical (unpaired) electrons. The number of nitrogens with one attached hydrogen (secondary N) is 1. The average Bonchev–Trinajstić information content (AvgIpc) is 2.71. The maximum Gasteiger partial charge on any atom is 0.217 e. The van der Waals surface area contributed by atoms with Gasteiger partial charge >= 0.3 is 0 Å². The van der Waals surface area contributed by atoms with Crippen molar-refractivity contribution in [2.24, 2.45) is 0 Å². The summed E-state index contributed by atoms with van der Waals surface area (Å²) in [6.07, 6.45) is 1.91. The van der Waals surface area contributed by atoms with Crippen LogP contribution in [0.4, 0.5) is 0 Å². The van der Waals surface area contributed by atoms with Crippen molar-refractivity contribution in [3.05, 3.63) is 87.6 Å². The zero-order valence-electron chi connectivity index (χ0n) is 17.3. The van der Waals surface area contributed by atoms with Gasteiger partial charge in [-0.2, -0.15) is 0 Å². The molecule has 6 nitrogen and oxygen atoms in total. The number of nitrogens with zero attached hydrogens (tertiary/aromatic N) is 1. The van der Waals surface area contributed by atoms with Crippen LogP contribution >= 0.6 is 0 Å². The van der Waals surface area contributed by atoms with E-state index in [2.05, 4.69) is 5.32 Å². The molecule has 1 N–H and O–H groups in total. The average molecular weight is 396 g/mol. The highest BCUT2D eigenvalue weighted by Crippen LogP contribution is 2.29. The molecule has 0 saturated carbocycles. The van der Waals surface area contributed by atoms with Crippen LogP contribution in [0.5, 0.6) is 5.75 Å². The molecule has 0 fully saturated rings. The van der Waals surface area contributed by atoms with Crippen LogP contribution in [-0.2, 0) is 0 Å². The van der Waals surface area contributed by atoms with Crippen molar-refractivity contribution >= 4 is 5.78 Å². The highest BCUT2D eigenvalue weighted by Gasteiger charge is 2.29. The summed E-state index contributed by atoms with van der Waals surface area (Å²) in [6, 6.07) is 15.5. The molecular weight excluding hydrogens is 368 g/mol. The summed E-state index contributed by atoms with van der Waals surface area (Å²) in [6.45, 7) is 5.54. The van der Waals surface area contributed by atoms with E-state index < -0.39 is 12.0 Å². The number of benzene rings is 2. The Kier molecular flexibility index (Phi) is 7.95. The van der Waals surface area contributed by atoms with E-state index in [1.807, 2.05) is 44.2 Å². The first kappa shape index (κ1) is 22.1. The van der Waals surface area contributed by atoms with Crippen molar-refractivity contribution in [1.29, 1.82) is 0 Å². The van der Waals surface area contributed by atoms with Gasteiger partial charge in [-0.1, -0.05) is 42.5 Å². The summed E-state index contributed by atoms with van der Waals surface area (Å²) in [5.41, 5.74) is 2.10. The fourth-order valence-electron chi connectivity index (χ4n) is 3.18. The van der Waals surface area contributed by atoms with E-state index in [0.29, 0.717) is 23.4 Å². The molecule has 0 amide bonds.